The Hall–Kier alpha value is -4.24. The smallest absolute Gasteiger partial charge is 0.303 e. The first kappa shape index (κ1) is 28.8. The summed E-state index contributed by atoms with van der Waals surface area (Å²) in [5.41, 5.74) is 3.18. The molecular formula is C31H36N4O5. The summed E-state index contributed by atoms with van der Waals surface area (Å²) in [5.74, 6) is -1.78. The van der Waals surface area contributed by atoms with E-state index >= 15 is 0 Å². The number of aliphatic carboxylic acids is 1. The van der Waals surface area contributed by atoms with Gasteiger partial charge in [-0.1, -0.05) is 48.5 Å². The zero-order valence-electron chi connectivity index (χ0n) is 23.1. The number of hydrogen-bond donors (Lipinski definition) is 3. The van der Waals surface area contributed by atoms with Crippen LogP contribution in [0.15, 0.2) is 60.7 Å². The molecule has 0 spiro atoms. The number of benzene rings is 3. The highest BCUT2D eigenvalue weighted by Crippen LogP contribution is 2.36. The average Bonchev–Trinajstić information content (AvgIpc) is 3.06. The van der Waals surface area contributed by atoms with Crippen molar-refractivity contribution in [3.63, 3.8) is 0 Å². The van der Waals surface area contributed by atoms with E-state index in [9.17, 15) is 19.2 Å². The Bertz CT molecular complexity index is 1420. The van der Waals surface area contributed by atoms with Crippen LogP contribution in [0.1, 0.15) is 43.7 Å². The maximum Gasteiger partial charge on any atom is 0.303 e. The van der Waals surface area contributed by atoms with E-state index in [-0.39, 0.29) is 43.7 Å². The van der Waals surface area contributed by atoms with Gasteiger partial charge in [0, 0.05) is 12.8 Å². The van der Waals surface area contributed by atoms with Crippen molar-refractivity contribution < 1.29 is 24.3 Å². The SMILES string of the molecule is CNC(C)C(=O)NC1CN(C(=O)CCCCC(=O)O)c2ccccc2N(Cc2c(C)ccc3ccccc23)C1=O. The Morgan fingerprint density at radius 2 is 1.65 bits per heavy atom. The van der Waals surface area contributed by atoms with Crippen LogP contribution in [0.25, 0.3) is 10.8 Å². The van der Waals surface area contributed by atoms with Crippen LogP contribution in [-0.4, -0.2) is 54.5 Å². The molecule has 210 valence electrons. The molecular weight excluding hydrogens is 508 g/mol. The van der Waals surface area contributed by atoms with E-state index < -0.39 is 18.1 Å². The van der Waals surface area contributed by atoms with Crippen molar-refractivity contribution in [1.29, 1.82) is 0 Å². The first-order chi connectivity index (χ1) is 19.2. The molecule has 0 aromatic heterocycles. The van der Waals surface area contributed by atoms with Crippen molar-refractivity contribution in [1.82, 2.24) is 10.6 Å². The molecule has 0 fully saturated rings. The van der Waals surface area contributed by atoms with Crippen molar-refractivity contribution in [2.24, 2.45) is 0 Å². The van der Waals surface area contributed by atoms with E-state index in [0.29, 0.717) is 24.2 Å². The van der Waals surface area contributed by atoms with Crippen LogP contribution in [0, 0.1) is 6.92 Å². The molecule has 4 rings (SSSR count). The Balaban J connectivity index is 1.75. The van der Waals surface area contributed by atoms with E-state index in [1.165, 1.54) is 0 Å². The summed E-state index contributed by atoms with van der Waals surface area (Å²) in [4.78, 5) is 54.8. The average molecular weight is 545 g/mol. The minimum absolute atomic E-state index is 0.0128. The molecule has 9 heteroatoms. The quantitative estimate of drug-likeness (QED) is 0.335. The van der Waals surface area contributed by atoms with Crippen molar-refractivity contribution in [2.45, 2.75) is 58.2 Å². The maximum absolute atomic E-state index is 14.2. The minimum atomic E-state index is -0.978. The van der Waals surface area contributed by atoms with Gasteiger partial charge in [-0.3, -0.25) is 19.2 Å². The Morgan fingerprint density at radius 3 is 2.38 bits per heavy atom. The van der Waals surface area contributed by atoms with Crippen molar-refractivity contribution in [3.05, 3.63) is 71.8 Å². The standard InChI is InChI=1S/C31H36N4O5/c1-20-16-17-22-10-4-5-11-23(22)24(20)18-35-27-13-7-6-12-26(27)34(28(36)14-8-9-15-29(37)38)19-25(31(35)40)33-30(39)21(2)32-3/h4-7,10-13,16-17,21,25,32H,8-9,14-15,18-19H2,1-3H3,(H,33,39)(H,37,38). The van der Waals surface area contributed by atoms with Crippen molar-refractivity contribution in [2.75, 3.05) is 23.4 Å². The molecule has 0 saturated carbocycles. The number of fused-ring (bicyclic) bond motifs is 2. The number of carboxylic acid groups (broad SMARTS) is 1. The van der Waals surface area contributed by atoms with Gasteiger partial charge in [-0.05, 0) is 67.8 Å². The predicted molar refractivity (Wildman–Crippen MR) is 155 cm³/mol. The van der Waals surface area contributed by atoms with Gasteiger partial charge in [0.15, 0.2) is 0 Å². The number of anilines is 2. The molecule has 0 radical (unpaired) electrons. The number of carboxylic acids is 1. The molecule has 3 N–H and O–H groups in total. The highest BCUT2D eigenvalue weighted by atomic mass is 16.4. The summed E-state index contributed by atoms with van der Waals surface area (Å²) < 4.78 is 0. The van der Waals surface area contributed by atoms with Gasteiger partial charge in [-0.15, -0.1) is 0 Å². The summed E-state index contributed by atoms with van der Waals surface area (Å²) in [5, 5.41) is 16.8. The molecule has 9 nitrogen and oxygen atoms in total. The fourth-order valence-corrected chi connectivity index (χ4v) is 5.02. The monoisotopic (exact) mass is 544 g/mol. The van der Waals surface area contributed by atoms with Crippen LogP contribution >= 0.6 is 0 Å². The number of para-hydroxylation sites is 2. The number of carbonyl (C=O) groups excluding carboxylic acids is 3. The van der Waals surface area contributed by atoms with E-state index in [2.05, 4.69) is 16.7 Å². The van der Waals surface area contributed by atoms with Crippen LogP contribution in [0.4, 0.5) is 11.4 Å². The van der Waals surface area contributed by atoms with E-state index in [1.807, 2.05) is 55.5 Å². The molecule has 0 aliphatic carbocycles. The molecule has 3 amide bonds. The summed E-state index contributed by atoms with van der Waals surface area (Å²) in [6.45, 7) is 3.95. The third kappa shape index (κ3) is 6.31. The van der Waals surface area contributed by atoms with Crippen molar-refractivity contribution in [3.8, 4) is 0 Å². The second-order valence-corrected chi connectivity index (χ2v) is 10.2. The van der Waals surface area contributed by atoms with Crippen LogP contribution < -0.4 is 20.4 Å². The van der Waals surface area contributed by atoms with Gasteiger partial charge >= 0.3 is 5.97 Å². The van der Waals surface area contributed by atoms with Gasteiger partial charge in [0.1, 0.15) is 6.04 Å². The summed E-state index contributed by atoms with van der Waals surface area (Å²) in [6, 6.07) is 17.9. The molecule has 0 bridgehead atoms. The van der Waals surface area contributed by atoms with Gasteiger partial charge < -0.3 is 25.5 Å². The lowest BCUT2D eigenvalue weighted by Crippen LogP contribution is -2.55. The second-order valence-electron chi connectivity index (χ2n) is 10.2. The molecule has 40 heavy (non-hydrogen) atoms. The van der Waals surface area contributed by atoms with Gasteiger partial charge in [-0.25, -0.2) is 0 Å². The molecule has 1 aliphatic rings. The molecule has 1 heterocycles. The third-order valence-corrected chi connectivity index (χ3v) is 7.46. The lowest BCUT2D eigenvalue weighted by molar-refractivity contribution is -0.137. The Kier molecular flexibility index (Phi) is 9.16. The van der Waals surface area contributed by atoms with Crippen LogP contribution in [0.3, 0.4) is 0 Å². The highest BCUT2D eigenvalue weighted by molar-refractivity contribution is 6.08. The molecule has 3 aromatic rings. The topological polar surface area (TPSA) is 119 Å². The largest absolute Gasteiger partial charge is 0.481 e. The zero-order chi connectivity index (χ0) is 28.8. The number of nitrogens with one attached hydrogen (secondary N) is 2. The lowest BCUT2D eigenvalue weighted by Gasteiger charge is -2.27. The fourth-order valence-electron chi connectivity index (χ4n) is 5.02. The number of hydrogen-bond acceptors (Lipinski definition) is 5. The third-order valence-electron chi connectivity index (χ3n) is 7.46. The number of aryl methyl sites for hydroxylation is 1. The number of likely N-dealkylation sites (N-methyl/N-ethyl adjacent to an activating group) is 1. The summed E-state index contributed by atoms with van der Waals surface area (Å²) >= 11 is 0. The van der Waals surface area contributed by atoms with E-state index in [4.69, 9.17) is 5.11 Å². The van der Waals surface area contributed by atoms with Crippen LogP contribution in [0.2, 0.25) is 0 Å². The van der Waals surface area contributed by atoms with E-state index in [0.717, 1.165) is 21.9 Å². The lowest BCUT2D eigenvalue weighted by atomic mass is 9.99. The normalized spacial score (nSPS) is 15.9. The predicted octanol–water partition coefficient (Wildman–Crippen LogP) is 3.77. The van der Waals surface area contributed by atoms with Gasteiger partial charge in [-0.2, -0.15) is 0 Å². The molecule has 3 aromatic carbocycles. The highest BCUT2D eigenvalue weighted by Gasteiger charge is 2.37. The van der Waals surface area contributed by atoms with Gasteiger partial charge in [0.05, 0.1) is 30.5 Å². The number of rotatable bonds is 10. The molecule has 0 saturated heterocycles. The first-order valence-electron chi connectivity index (χ1n) is 13.6. The Labute approximate surface area is 234 Å². The van der Waals surface area contributed by atoms with Crippen LogP contribution in [-0.2, 0) is 25.7 Å². The van der Waals surface area contributed by atoms with Crippen molar-refractivity contribution >= 4 is 45.8 Å². The van der Waals surface area contributed by atoms with Gasteiger partial charge in [0.2, 0.25) is 11.8 Å². The molecule has 2 atom stereocenters. The molecule has 1 aliphatic heterocycles. The first-order valence-corrected chi connectivity index (χ1v) is 13.6. The Morgan fingerprint density at radius 1 is 0.975 bits per heavy atom. The summed E-state index contributed by atoms with van der Waals surface area (Å²) in [7, 11) is 1.66. The minimum Gasteiger partial charge on any atom is -0.481 e. The summed E-state index contributed by atoms with van der Waals surface area (Å²) in [6.07, 6.45) is 0.902. The maximum atomic E-state index is 14.2. The number of amides is 3. The number of unbranched alkanes of at least 4 members (excludes halogenated alkanes) is 1. The zero-order valence-corrected chi connectivity index (χ0v) is 23.1. The van der Waals surface area contributed by atoms with E-state index in [1.54, 1.807) is 29.8 Å². The fraction of sp³-hybridized carbons (Fsp3) is 0.355. The van der Waals surface area contributed by atoms with Gasteiger partial charge in [0.25, 0.3) is 5.91 Å². The second kappa shape index (κ2) is 12.7. The molecule has 2 unspecified atom stereocenters. The number of nitrogens with zero attached hydrogens (tertiary/aromatic N) is 2. The van der Waals surface area contributed by atoms with Crippen LogP contribution in [0.5, 0.6) is 0 Å². The number of carbonyl (C=O) groups is 4.